The summed E-state index contributed by atoms with van der Waals surface area (Å²) in [5.74, 6) is -1.86. The molecule has 1 aromatic rings. The van der Waals surface area contributed by atoms with Crippen LogP contribution in [0.25, 0.3) is 0 Å². The average Bonchev–Trinajstić information content (AvgIpc) is 2.29. The molecule has 1 aromatic carbocycles. The van der Waals surface area contributed by atoms with Gasteiger partial charge in [0.25, 0.3) is 0 Å². The third kappa shape index (κ3) is 3.04. The molecule has 16 heavy (non-hydrogen) atoms. The SMILES string of the molecule is CCC(F)C(Br)C(C(=O)O)c1ccccc1. The fourth-order valence-electron chi connectivity index (χ4n) is 1.56. The Morgan fingerprint density at radius 2 is 2.00 bits per heavy atom. The van der Waals surface area contributed by atoms with Gasteiger partial charge in [0.15, 0.2) is 0 Å². The third-order valence-corrected chi connectivity index (χ3v) is 3.58. The fraction of sp³-hybridized carbons (Fsp3) is 0.417. The summed E-state index contributed by atoms with van der Waals surface area (Å²) < 4.78 is 13.5. The molecule has 3 unspecified atom stereocenters. The first-order valence-electron chi connectivity index (χ1n) is 5.13. The minimum absolute atomic E-state index is 0.298. The van der Waals surface area contributed by atoms with Crippen LogP contribution in [0.4, 0.5) is 4.39 Å². The number of alkyl halides is 2. The first-order chi connectivity index (χ1) is 7.57. The van der Waals surface area contributed by atoms with Gasteiger partial charge in [-0.3, -0.25) is 4.79 Å². The van der Waals surface area contributed by atoms with Crippen molar-refractivity contribution >= 4 is 21.9 Å². The Morgan fingerprint density at radius 3 is 2.44 bits per heavy atom. The van der Waals surface area contributed by atoms with E-state index in [0.717, 1.165) is 0 Å². The van der Waals surface area contributed by atoms with Crippen LogP contribution in [0.3, 0.4) is 0 Å². The summed E-state index contributed by atoms with van der Waals surface area (Å²) in [6, 6.07) is 8.72. The van der Waals surface area contributed by atoms with E-state index in [4.69, 9.17) is 5.11 Å². The molecule has 0 radical (unpaired) electrons. The highest BCUT2D eigenvalue weighted by atomic mass is 79.9. The topological polar surface area (TPSA) is 37.3 Å². The minimum atomic E-state index is -1.17. The van der Waals surface area contributed by atoms with Crippen LogP contribution in [0.1, 0.15) is 24.8 Å². The van der Waals surface area contributed by atoms with E-state index in [2.05, 4.69) is 15.9 Å². The highest BCUT2D eigenvalue weighted by Crippen LogP contribution is 2.30. The van der Waals surface area contributed by atoms with E-state index < -0.39 is 22.9 Å². The Balaban J connectivity index is 2.96. The van der Waals surface area contributed by atoms with Gasteiger partial charge in [0.2, 0.25) is 0 Å². The Kier molecular flexibility index (Phi) is 4.93. The lowest BCUT2D eigenvalue weighted by atomic mass is 9.93. The van der Waals surface area contributed by atoms with Crippen LogP contribution in [0.5, 0.6) is 0 Å². The molecule has 0 saturated carbocycles. The zero-order chi connectivity index (χ0) is 12.1. The van der Waals surface area contributed by atoms with E-state index in [1.807, 2.05) is 0 Å². The molecule has 0 aliphatic heterocycles. The molecule has 0 aliphatic rings. The lowest BCUT2D eigenvalue weighted by Crippen LogP contribution is -2.29. The Morgan fingerprint density at radius 1 is 1.44 bits per heavy atom. The summed E-state index contributed by atoms with van der Waals surface area (Å²) in [6.07, 6.45) is -0.867. The molecule has 0 spiro atoms. The van der Waals surface area contributed by atoms with E-state index in [9.17, 15) is 9.18 Å². The molecule has 0 aliphatic carbocycles. The number of rotatable bonds is 5. The molecule has 0 heterocycles. The first-order valence-corrected chi connectivity index (χ1v) is 6.05. The molecule has 0 saturated heterocycles. The number of carboxylic acids is 1. The predicted octanol–water partition coefficient (Wildman–Crippen LogP) is 3.37. The van der Waals surface area contributed by atoms with Gasteiger partial charge in [0.1, 0.15) is 6.17 Å². The maximum absolute atomic E-state index is 13.5. The molecular weight excluding hydrogens is 275 g/mol. The number of carboxylic acid groups (broad SMARTS) is 1. The second-order valence-electron chi connectivity index (χ2n) is 3.60. The van der Waals surface area contributed by atoms with Gasteiger partial charge in [-0.1, -0.05) is 53.2 Å². The van der Waals surface area contributed by atoms with Crippen LogP contribution in [0.2, 0.25) is 0 Å². The average molecular weight is 289 g/mol. The van der Waals surface area contributed by atoms with Gasteiger partial charge in [-0.05, 0) is 12.0 Å². The predicted molar refractivity (Wildman–Crippen MR) is 64.7 cm³/mol. The van der Waals surface area contributed by atoms with Gasteiger partial charge in [0, 0.05) is 0 Å². The summed E-state index contributed by atoms with van der Waals surface area (Å²) in [5.41, 5.74) is 0.618. The Labute approximate surface area is 103 Å². The highest BCUT2D eigenvalue weighted by Gasteiger charge is 2.32. The van der Waals surface area contributed by atoms with Crippen molar-refractivity contribution in [3.8, 4) is 0 Å². The van der Waals surface area contributed by atoms with E-state index >= 15 is 0 Å². The van der Waals surface area contributed by atoms with Crippen molar-refractivity contribution in [2.75, 3.05) is 0 Å². The number of hydrogen-bond acceptors (Lipinski definition) is 1. The van der Waals surface area contributed by atoms with Crippen molar-refractivity contribution < 1.29 is 14.3 Å². The van der Waals surface area contributed by atoms with Crippen LogP contribution in [0.15, 0.2) is 30.3 Å². The quantitative estimate of drug-likeness (QED) is 0.844. The van der Waals surface area contributed by atoms with Crippen molar-refractivity contribution in [2.45, 2.75) is 30.3 Å². The second-order valence-corrected chi connectivity index (χ2v) is 4.65. The summed E-state index contributed by atoms with van der Waals surface area (Å²) in [6.45, 7) is 1.70. The van der Waals surface area contributed by atoms with Crippen LogP contribution in [0, 0.1) is 0 Å². The standard InChI is InChI=1S/C12H14BrFO2/c1-2-9(14)11(13)10(12(15)16)8-6-4-3-5-7-8/h3-7,9-11H,2H2,1H3,(H,15,16). The fourth-order valence-corrected chi connectivity index (χ4v) is 2.46. The van der Waals surface area contributed by atoms with Crippen LogP contribution in [-0.4, -0.2) is 22.1 Å². The van der Waals surface area contributed by atoms with Crippen molar-refractivity contribution in [3.05, 3.63) is 35.9 Å². The van der Waals surface area contributed by atoms with Gasteiger partial charge < -0.3 is 5.11 Å². The van der Waals surface area contributed by atoms with Gasteiger partial charge >= 0.3 is 5.97 Å². The maximum Gasteiger partial charge on any atom is 0.312 e. The lowest BCUT2D eigenvalue weighted by molar-refractivity contribution is -0.139. The normalized spacial score (nSPS) is 16.4. The molecule has 2 nitrogen and oxygen atoms in total. The van der Waals surface area contributed by atoms with Gasteiger partial charge in [-0.15, -0.1) is 0 Å². The number of halogens is 2. The zero-order valence-electron chi connectivity index (χ0n) is 8.94. The zero-order valence-corrected chi connectivity index (χ0v) is 10.5. The third-order valence-electron chi connectivity index (χ3n) is 2.48. The molecule has 0 fully saturated rings. The molecule has 1 rings (SSSR count). The molecule has 4 heteroatoms. The molecule has 0 bridgehead atoms. The van der Waals surface area contributed by atoms with Crippen molar-refractivity contribution in [3.63, 3.8) is 0 Å². The van der Waals surface area contributed by atoms with Crippen LogP contribution < -0.4 is 0 Å². The molecule has 0 aromatic heterocycles. The summed E-state index contributed by atoms with van der Waals surface area (Å²) in [7, 11) is 0. The summed E-state index contributed by atoms with van der Waals surface area (Å²) >= 11 is 3.15. The van der Waals surface area contributed by atoms with Gasteiger partial charge in [-0.2, -0.15) is 0 Å². The van der Waals surface area contributed by atoms with Crippen molar-refractivity contribution in [1.82, 2.24) is 0 Å². The van der Waals surface area contributed by atoms with Crippen molar-refractivity contribution in [1.29, 1.82) is 0 Å². The minimum Gasteiger partial charge on any atom is -0.481 e. The molecule has 1 N–H and O–H groups in total. The molecule has 0 amide bonds. The maximum atomic E-state index is 13.5. The molecule has 88 valence electrons. The Bertz CT molecular complexity index is 342. The number of aliphatic carboxylic acids is 1. The highest BCUT2D eigenvalue weighted by molar-refractivity contribution is 9.09. The van der Waals surface area contributed by atoms with E-state index in [0.29, 0.717) is 12.0 Å². The monoisotopic (exact) mass is 288 g/mol. The van der Waals surface area contributed by atoms with E-state index in [-0.39, 0.29) is 0 Å². The summed E-state index contributed by atoms with van der Waals surface area (Å²) in [5, 5.41) is 9.14. The first kappa shape index (κ1) is 13.2. The summed E-state index contributed by atoms with van der Waals surface area (Å²) in [4.78, 5) is 10.5. The molecular formula is C12H14BrFO2. The number of carbonyl (C=O) groups is 1. The largest absolute Gasteiger partial charge is 0.481 e. The van der Waals surface area contributed by atoms with E-state index in [1.54, 1.807) is 37.3 Å². The van der Waals surface area contributed by atoms with Gasteiger partial charge in [0.05, 0.1) is 10.7 Å². The van der Waals surface area contributed by atoms with Crippen LogP contribution >= 0.6 is 15.9 Å². The van der Waals surface area contributed by atoms with E-state index in [1.165, 1.54) is 0 Å². The lowest BCUT2D eigenvalue weighted by Gasteiger charge is -2.21. The Hall–Kier alpha value is -0.900. The molecule has 3 atom stereocenters. The van der Waals surface area contributed by atoms with Gasteiger partial charge in [-0.25, -0.2) is 4.39 Å². The second kappa shape index (κ2) is 5.99. The number of hydrogen-bond donors (Lipinski definition) is 1. The van der Waals surface area contributed by atoms with Crippen molar-refractivity contribution in [2.24, 2.45) is 0 Å². The van der Waals surface area contributed by atoms with Crippen LogP contribution in [-0.2, 0) is 4.79 Å². The number of benzene rings is 1. The smallest absolute Gasteiger partial charge is 0.312 e.